The first-order chi connectivity index (χ1) is 15.1. The van der Waals surface area contributed by atoms with E-state index in [0.29, 0.717) is 24.5 Å². The van der Waals surface area contributed by atoms with Crippen LogP contribution in [0.4, 0.5) is 0 Å². The predicted octanol–water partition coefficient (Wildman–Crippen LogP) is 3.66. The van der Waals surface area contributed by atoms with Gasteiger partial charge in [0, 0.05) is 6.54 Å². The Morgan fingerprint density at radius 2 is 1.94 bits per heavy atom. The van der Waals surface area contributed by atoms with Gasteiger partial charge in [-0.05, 0) is 37.3 Å². The summed E-state index contributed by atoms with van der Waals surface area (Å²) in [6.45, 7) is 4.86. The zero-order chi connectivity index (χ0) is 22.1. The highest BCUT2D eigenvalue weighted by atomic mass is 32.2. The van der Waals surface area contributed by atoms with Gasteiger partial charge in [0.05, 0.1) is 11.4 Å². The van der Waals surface area contributed by atoms with E-state index < -0.39 is 5.54 Å². The van der Waals surface area contributed by atoms with Gasteiger partial charge >= 0.3 is 0 Å². The zero-order valence-corrected chi connectivity index (χ0v) is 19.3. The number of nitrogens with one attached hydrogen (secondary N) is 2. The van der Waals surface area contributed by atoms with Gasteiger partial charge in [0.2, 0.25) is 11.8 Å². The molecule has 2 N–H and O–H groups in total. The number of hydrogen-bond acceptors (Lipinski definition) is 5. The maximum Gasteiger partial charge on any atom is 0.245 e. The molecule has 1 aromatic carbocycles. The minimum atomic E-state index is -0.786. The van der Waals surface area contributed by atoms with Gasteiger partial charge in [-0.3, -0.25) is 14.2 Å². The summed E-state index contributed by atoms with van der Waals surface area (Å²) in [5.41, 5.74) is 1.43. The van der Waals surface area contributed by atoms with Crippen molar-refractivity contribution in [2.24, 2.45) is 0 Å². The average molecular weight is 444 g/mol. The summed E-state index contributed by atoms with van der Waals surface area (Å²) >= 11 is 1.34. The Morgan fingerprint density at radius 1 is 1.16 bits per heavy atom. The summed E-state index contributed by atoms with van der Waals surface area (Å²) < 4.78 is 1.92. The quantitative estimate of drug-likeness (QED) is 0.432. The Kier molecular flexibility index (Phi) is 8.51. The number of para-hydroxylation sites is 1. The molecule has 2 amide bonds. The minimum Gasteiger partial charge on any atom is -0.354 e. The summed E-state index contributed by atoms with van der Waals surface area (Å²) in [4.78, 5) is 25.8. The van der Waals surface area contributed by atoms with Crippen LogP contribution < -0.4 is 10.6 Å². The second-order valence-corrected chi connectivity index (χ2v) is 9.00. The lowest BCUT2D eigenvalue weighted by Crippen LogP contribution is -2.60. The molecule has 8 heteroatoms. The van der Waals surface area contributed by atoms with E-state index in [0.717, 1.165) is 44.2 Å². The van der Waals surface area contributed by atoms with E-state index >= 15 is 0 Å². The highest BCUT2D eigenvalue weighted by molar-refractivity contribution is 7.99. The number of benzene rings is 1. The van der Waals surface area contributed by atoms with Gasteiger partial charge in [-0.2, -0.15) is 0 Å². The number of aromatic nitrogens is 3. The number of carbonyl (C=O) groups is 2. The van der Waals surface area contributed by atoms with E-state index in [2.05, 4.69) is 40.7 Å². The van der Waals surface area contributed by atoms with E-state index in [1.807, 2.05) is 22.8 Å². The smallest absolute Gasteiger partial charge is 0.245 e. The molecule has 1 aliphatic carbocycles. The van der Waals surface area contributed by atoms with Crippen molar-refractivity contribution in [3.05, 3.63) is 36.2 Å². The van der Waals surface area contributed by atoms with E-state index in [4.69, 9.17) is 0 Å². The minimum absolute atomic E-state index is 0.0426. The van der Waals surface area contributed by atoms with E-state index in [1.165, 1.54) is 17.3 Å². The molecule has 1 heterocycles. The number of carbonyl (C=O) groups excluding carboxylic acids is 2. The number of aryl methyl sites for hydroxylation is 1. The van der Waals surface area contributed by atoms with E-state index in [9.17, 15) is 9.59 Å². The molecule has 31 heavy (non-hydrogen) atoms. The second kappa shape index (κ2) is 11.3. The Morgan fingerprint density at radius 3 is 2.68 bits per heavy atom. The average Bonchev–Trinajstić information content (AvgIpc) is 3.27. The lowest BCUT2D eigenvalue weighted by molar-refractivity contribution is -0.134. The SMILES string of the molecule is CCCCNC(=O)C1(NC(=O)CSc2nncn2-c2ccccc2CC)CCCCC1. The van der Waals surface area contributed by atoms with Gasteiger partial charge in [-0.1, -0.05) is 69.5 Å². The van der Waals surface area contributed by atoms with Crippen molar-refractivity contribution in [1.82, 2.24) is 25.4 Å². The molecule has 0 atom stereocenters. The third-order valence-electron chi connectivity index (χ3n) is 5.82. The summed E-state index contributed by atoms with van der Waals surface area (Å²) in [6.07, 6.45) is 8.96. The summed E-state index contributed by atoms with van der Waals surface area (Å²) in [7, 11) is 0. The molecule has 1 aliphatic rings. The van der Waals surface area contributed by atoms with Crippen LogP contribution >= 0.6 is 11.8 Å². The first-order valence-electron chi connectivity index (χ1n) is 11.3. The van der Waals surface area contributed by atoms with Crippen molar-refractivity contribution < 1.29 is 9.59 Å². The van der Waals surface area contributed by atoms with Crippen LogP contribution in [0.3, 0.4) is 0 Å². The number of nitrogens with zero attached hydrogens (tertiary/aromatic N) is 3. The Bertz CT molecular complexity index is 876. The first kappa shape index (κ1) is 23.3. The maximum absolute atomic E-state index is 12.9. The topological polar surface area (TPSA) is 88.9 Å². The van der Waals surface area contributed by atoms with Gasteiger partial charge in [-0.25, -0.2) is 0 Å². The second-order valence-electron chi connectivity index (χ2n) is 8.05. The monoisotopic (exact) mass is 443 g/mol. The number of unbranched alkanes of at least 4 members (excludes halogenated alkanes) is 1. The van der Waals surface area contributed by atoms with Crippen LogP contribution in [0.1, 0.15) is 64.4 Å². The molecule has 7 nitrogen and oxygen atoms in total. The van der Waals surface area contributed by atoms with Crippen LogP contribution in [0.2, 0.25) is 0 Å². The highest BCUT2D eigenvalue weighted by Gasteiger charge is 2.40. The fourth-order valence-electron chi connectivity index (χ4n) is 4.08. The molecule has 0 unspecified atom stereocenters. The fourth-order valence-corrected chi connectivity index (χ4v) is 4.80. The molecular weight excluding hydrogens is 410 g/mol. The van der Waals surface area contributed by atoms with Crippen LogP contribution in [0.25, 0.3) is 5.69 Å². The zero-order valence-electron chi connectivity index (χ0n) is 18.5. The molecule has 1 saturated carbocycles. The number of thioether (sulfide) groups is 1. The largest absolute Gasteiger partial charge is 0.354 e. The van der Waals surface area contributed by atoms with Crippen molar-refractivity contribution in [3.8, 4) is 5.69 Å². The van der Waals surface area contributed by atoms with Gasteiger partial charge in [-0.15, -0.1) is 10.2 Å². The third kappa shape index (κ3) is 5.87. The van der Waals surface area contributed by atoms with Crippen molar-refractivity contribution in [2.75, 3.05) is 12.3 Å². The summed E-state index contributed by atoms with van der Waals surface area (Å²) in [5, 5.41) is 15.0. The Labute approximate surface area is 188 Å². The van der Waals surface area contributed by atoms with Gasteiger partial charge in [0.25, 0.3) is 0 Å². The molecule has 1 aromatic heterocycles. The maximum atomic E-state index is 12.9. The lowest BCUT2D eigenvalue weighted by Gasteiger charge is -2.36. The normalized spacial score (nSPS) is 15.4. The first-order valence-corrected chi connectivity index (χ1v) is 12.3. The molecule has 168 valence electrons. The van der Waals surface area contributed by atoms with E-state index in [-0.39, 0.29) is 17.6 Å². The standard InChI is InChI=1S/C23H33N5O2S/c1-3-5-15-24-21(30)23(13-9-6-10-14-23)26-20(29)16-31-22-27-25-17-28(22)19-12-8-7-11-18(19)4-2/h7-8,11-12,17H,3-6,9-10,13-16H2,1-2H3,(H,24,30)(H,26,29). The number of hydrogen-bond donors (Lipinski definition) is 2. The van der Waals surface area contributed by atoms with Crippen LogP contribution in [0, 0.1) is 0 Å². The summed E-state index contributed by atoms with van der Waals surface area (Å²) in [6, 6.07) is 8.12. The molecule has 3 rings (SSSR count). The molecule has 0 bridgehead atoms. The van der Waals surface area contributed by atoms with Gasteiger partial charge in [0.1, 0.15) is 11.9 Å². The Hall–Kier alpha value is -2.35. The van der Waals surface area contributed by atoms with Crippen molar-refractivity contribution in [1.29, 1.82) is 0 Å². The molecule has 2 aromatic rings. The lowest BCUT2D eigenvalue weighted by atomic mass is 9.80. The molecule has 1 fully saturated rings. The summed E-state index contributed by atoms with van der Waals surface area (Å²) in [5.74, 6) is 0.00617. The van der Waals surface area contributed by atoms with Crippen LogP contribution in [0.5, 0.6) is 0 Å². The number of amides is 2. The van der Waals surface area contributed by atoms with Crippen molar-refractivity contribution in [2.45, 2.75) is 75.9 Å². The molecule has 0 spiro atoms. The van der Waals surface area contributed by atoms with Crippen molar-refractivity contribution in [3.63, 3.8) is 0 Å². The molecule has 0 saturated heterocycles. The molecule has 0 aliphatic heterocycles. The van der Waals surface area contributed by atoms with E-state index in [1.54, 1.807) is 6.33 Å². The fraction of sp³-hybridized carbons (Fsp3) is 0.565. The van der Waals surface area contributed by atoms with Crippen molar-refractivity contribution >= 4 is 23.6 Å². The Balaban J connectivity index is 1.65. The van der Waals surface area contributed by atoms with Gasteiger partial charge in [0.15, 0.2) is 5.16 Å². The van der Waals surface area contributed by atoms with Crippen LogP contribution in [-0.2, 0) is 16.0 Å². The highest BCUT2D eigenvalue weighted by Crippen LogP contribution is 2.29. The van der Waals surface area contributed by atoms with Crippen LogP contribution in [0.15, 0.2) is 35.7 Å². The number of rotatable bonds is 10. The predicted molar refractivity (Wildman–Crippen MR) is 123 cm³/mol. The molecular formula is C23H33N5O2S. The third-order valence-corrected chi connectivity index (χ3v) is 6.76. The molecule has 0 radical (unpaired) electrons. The van der Waals surface area contributed by atoms with Gasteiger partial charge < -0.3 is 10.6 Å². The van der Waals surface area contributed by atoms with Crippen LogP contribution in [-0.4, -0.2) is 44.4 Å².